The number of piperazine rings is 1. The molecule has 1 amide bonds. The highest BCUT2D eigenvalue weighted by atomic mass is 16.4. The second-order valence-corrected chi connectivity index (χ2v) is 8.58. The van der Waals surface area contributed by atoms with Gasteiger partial charge in [0.2, 0.25) is 5.95 Å². The van der Waals surface area contributed by atoms with E-state index >= 15 is 0 Å². The third-order valence-corrected chi connectivity index (χ3v) is 6.24. The second-order valence-electron chi connectivity index (χ2n) is 8.58. The average Bonchev–Trinajstić information content (AvgIpc) is 3.21. The zero-order valence-electron chi connectivity index (χ0n) is 18.6. The van der Waals surface area contributed by atoms with E-state index in [-0.39, 0.29) is 5.91 Å². The van der Waals surface area contributed by atoms with Gasteiger partial charge in [0.25, 0.3) is 5.91 Å². The van der Waals surface area contributed by atoms with Crippen molar-refractivity contribution in [2.75, 3.05) is 44.7 Å². The van der Waals surface area contributed by atoms with Crippen LogP contribution in [0.5, 0.6) is 0 Å². The van der Waals surface area contributed by atoms with Gasteiger partial charge < -0.3 is 19.1 Å². The first kappa shape index (κ1) is 20.6. The first-order chi connectivity index (χ1) is 15.6. The van der Waals surface area contributed by atoms with Crippen molar-refractivity contribution in [3.8, 4) is 0 Å². The maximum atomic E-state index is 13.2. The number of anilines is 1. The van der Waals surface area contributed by atoms with Crippen LogP contribution in [0.2, 0.25) is 0 Å². The second kappa shape index (κ2) is 8.70. The van der Waals surface area contributed by atoms with E-state index in [0.717, 1.165) is 48.9 Å². The molecule has 2 aliphatic rings. The third kappa shape index (κ3) is 4.23. The van der Waals surface area contributed by atoms with Crippen LogP contribution in [-0.2, 0) is 19.4 Å². The molecule has 8 nitrogen and oxygen atoms in total. The maximum absolute atomic E-state index is 13.2. The van der Waals surface area contributed by atoms with Gasteiger partial charge in [0.1, 0.15) is 11.5 Å². The Labute approximate surface area is 187 Å². The SMILES string of the molecule is Cc1nc(N2CCN(C)CC2)ncc1C(=O)N1CCc2oc(Cc3ccccc3)nc2C1. The fourth-order valence-corrected chi connectivity index (χ4v) is 4.27. The molecule has 166 valence electrons. The van der Waals surface area contributed by atoms with Crippen molar-refractivity contribution in [2.45, 2.75) is 26.3 Å². The van der Waals surface area contributed by atoms with Crippen LogP contribution >= 0.6 is 0 Å². The number of hydrogen-bond acceptors (Lipinski definition) is 7. The lowest BCUT2D eigenvalue weighted by atomic mass is 10.1. The standard InChI is InChI=1S/C24H28N6O2/c1-17-19(15-25-24(26-17)29-12-10-28(2)11-13-29)23(31)30-9-8-21-20(16-30)27-22(32-21)14-18-6-4-3-5-7-18/h3-7,15H,8-14,16H2,1-2H3. The summed E-state index contributed by atoms with van der Waals surface area (Å²) in [5.74, 6) is 2.24. The van der Waals surface area contributed by atoms with Crippen LogP contribution in [0.25, 0.3) is 0 Å². The fourth-order valence-electron chi connectivity index (χ4n) is 4.27. The van der Waals surface area contributed by atoms with Gasteiger partial charge in [-0.1, -0.05) is 30.3 Å². The number of nitrogens with zero attached hydrogens (tertiary/aromatic N) is 6. The number of aromatic nitrogens is 3. The smallest absolute Gasteiger partial charge is 0.257 e. The van der Waals surface area contributed by atoms with Crippen LogP contribution in [0, 0.1) is 6.92 Å². The van der Waals surface area contributed by atoms with E-state index in [0.29, 0.717) is 43.3 Å². The van der Waals surface area contributed by atoms with Crippen molar-refractivity contribution in [1.29, 1.82) is 0 Å². The molecule has 2 aromatic heterocycles. The molecule has 0 N–H and O–H groups in total. The summed E-state index contributed by atoms with van der Waals surface area (Å²) in [4.78, 5) is 33.4. The van der Waals surface area contributed by atoms with E-state index in [9.17, 15) is 4.79 Å². The summed E-state index contributed by atoms with van der Waals surface area (Å²) >= 11 is 0. The molecule has 32 heavy (non-hydrogen) atoms. The molecule has 0 bridgehead atoms. The molecule has 1 aromatic carbocycles. The van der Waals surface area contributed by atoms with Gasteiger partial charge in [-0.2, -0.15) is 0 Å². The molecule has 2 aliphatic heterocycles. The van der Waals surface area contributed by atoms with Crippen LogP contribution in [-0.4, -0.2) is 70.4 Å². The van der Waals surface area contributed by atoms with Gasteiger partial charge in [-0.15, -0.1) is 0 Å². The molecule has 0 aliphatic carbocycles. The zero-order valence-corrected chi connectivity index (χ0v) is 18.6. The molecule has 0 atom stereocenters. The van der Waals surface area contributed by atoms with Crippen molar-refractivity contribution in [3.05, 3.63) is 70.7 Å². The average molecular weight is 433 g/mol. The van der Waals surface area contributed by atoms with Gasteiger partial charge in [0.15, 0.2) is 5.89 Å². The van der Waals surface area contributed by atoms with Gasteiger partial charge in [0.05, 0.1) is 17.8 Å². The number of likely N-dealkylation sites (N-methyl/N-ethyl adjacent to an activating group) is 1. The normalized spacial score (nSPS) is 16.8. The van der Waals surface area contributed by atoms with Crippen molar-refractivity contribution in [3.63, 3.8) is 0 Å². The predicted molar refractivity (Wildman–Crippen MR) is 121 cm³/mol. The number of aryl methyl sites for hydroxylation is 1. The topological polar surface area (TPSA) is 78.6 Å². The molecule has 0 spiro atoms. The van der Waals surface area contributed by atoms with Crippen LogP contribution in [0.15, 0.2) is 40.9 Å². The quantitative estimate of drug-likeness (QED) is 0.626. The minimum Gasteiger partial charge on any atom is -0.445 e. The lowest BCUT2D eigenvalue weighted by molar-refractivity contribution is 0.0726. The number of hydrogen-bond donors (Lipinski definition) is 0. The Kier molecular flexibility index (Phi) is 5.61. The van der Waals surface area contributed by atoms with Gasteiger partial charge in [-0.3, -0.25) is 4.79 Å². The number of rotatable bonds is 4. The Morgan fingerprint density at radius 2 is 1.84 bits per heavy atom. The number of amides is 1. The van der Waals surface area contributed by atoms with Crippen LogP contribution in [0.3, 0.4) is 0 Å². The first-order valence-electron chi connectivity index (χ1n) is 11.1. The summed E-state index contributed by atoms with van der Waals surface area (Å²) in [5, 5.41) is 0. The molecule has 8 heteroatoms. The summed E-state index contributed by atoms with van der Waals surface area (Å²) in [7, 11) is 2.12. The number of fused-ring (bicyclic) bond motifs is 1. The Balaban J connectivity index is 1.28. The highest BCUT2D eigenvalue weighted by Gasteiger charge is 2.28. The molecule has 1 fully saturated rings. The fraction of sp³-hybridized carbons (Fsp3) is 0.417. The van der Waals surface area contributed by atoms with Gasteiger partial charge in [-0.05, 0) is 19.5 Å². The number of carbonyl (C=O) groups is 1. The molecule has 4 heterocycles. The Morgan fingerprint density at radius 1 is 1.06 bits per heavy atom. The highest BCUT2D eigenvalue weighted by Crippen LogP contribution is 2.23. The molecule has 0 saturated carbocycles. The summed E-state index contributed by atoms with van der Waals surface area (Å²) in [6.07, 6.45) is 3.00. The maximum Gasteiger partial charge on any atom is 0.257 e. The molecule has 3 aromatic rings. The molecular formula is C24H28N6O2. The summed E-state index contributed by atoms with van der Waals surface area (Å²) < 4.78 is 5.98. The van der Waals surface area contributed by atoms with Crippen molar-refractivity contribution in [1.82, 2.24) is 24.8 Å². The van der Waals surface area contributed by atoms with Gasteiger partial charge in [-0.25, -0.2) is 15.0 Å². The molecule has 0 radical (unpaired) electrons. The number of oxazole rings is 1. The van der Waals surface area contributed by atoms with E-state index in [1.807, 2.05) is 30.0 Å². The van der Waals surface area contributed by atoms with Gasteiger partial charge >= 0.3 is 0 Å². The summed E-state index contributed by atoms with van der Waals surface area (Å²) in [6, 6.07) is 10.1. The van der Waals surface area contributed by atoms with E-state index in [2.05, 4.69) is 43.9 Å². The summed E-state index contributed by atoms with van der Waals surface area (Å²) in [6.45, 7) is 6.72. The van der Waals surface area contributed by atoms with Gasteiger partial charge in [0, 0.05) is 51.8 Å². The van der Waals surface area contributed by atoms with E-state index in [1.165, 1.54) is 0 Å². The summed E-state index contributed by atoms with van der Waals surface area (Å²) in [5.41, 5.74) is 3.28. The minimum absolute atomic E-state index is 0.0503. The molecule has 0 unspecified atom stereocenters. The van der Waals surface area contributed by atoms with Crippen LogP contribution < -0.4 is 4.90 Å². The Bertz CT molecular complexity index is 1100. The highest BCUT2D eigenvalue weighted by molar-refractivity contribution is 5.95. The van der Waals surface area contributed by atoms with E-state index in [4.69, 9.17) is 4.42 Å². The van der Waals surface area contributed by atoms with E-state index < -0.39 is 0 Å². The Morgan fingerprint density at radius 3 is 2.59 bits per heavy atom. The van der Waals surface area contributed by atoms with E-state index in [1.54, 1.807) is 6.20 Å². The number of carbonyl (C=O) groups excluding carboxylic acids is 1. The number of benzene rings is 1. The minimum atomic E-state index is -0.0503. The predicted octanol–water partition coefficient (Wildman–Crippen LogP) is 2.31. The molecule has 1 saturated heterocycles. The van der Waals surface area contributed by atoms with Crippen LogP contribution in [0.4, 0.5) is 5.95 Å². The largest absolute Gasteiger partial charge is 0.445 e. The van der Waals surface area contributed by atoms with Crippen molar-refractivity contribution in [2.24, 2.45) is 0 Å². The van der Waals surface area contributed by atoms with Crippen molar-refractivity contribution >= 4 is 11.9 Å². The lowest BCUT2D eigenvalue weighted by Gasteiger charge is -2.32. The monoisotopic (exact) mass is 432 g/mol. The molecule has 5 rings (SSSR count). The first-order valence-corrected chi connectivity index (χ1v) is 11.1. The lowest BCUT2D eigenvalue weighted by Crippen LogP contribution is -2.45. The Hall–Kier alpha value is -3.26. The zero-order chi connectivity index (χ0) is 22.1. The van der Waals surface area contributed by atoms with Crippen molar-refractivity contribution < 1.29 is 9.21 Å². The van der Waals surface area contributed by atoms with Crippen LogP contribution in [0.1, 0.15) is 39.0 Å². The molecular weight excluding hydrogens is 404 g/mol. The third-order valence-electron chi connectivity index (χ3n) is 6.24.